The number of thioether (sulfide) groups is 1. The molecule has 7 rings (SSSR count). The number of amides is 3. The molecule has 0 radical (unpaired) electrons. The summed E-state index contributed by atoms with van der Waals surface area (Å²) >= 11 is 3.00. The molecule has 5 aliphatic rings. The van der Waals surface area contributed by atoms with E-state index in [0.717, 1.165) is 48.7 Å². The van der Waals surface area contributed by atoms with Crippen molar-refractivity contribution in [3.05, 3.63) is 50.4 Å². The highest BCUT2D eigenvalue weighted by atomic mass is 32.2. The van der Waals surface area contributed by atoms with Crippen molar-refractivity contribution < 1.29 is 14.4 Å². The largest absolute Gasteiger partial charge is 0.343 e. The van der Waals surface area contributed by atoms with E-state index in [0.29, 0.717) is 0 Å². The van der Waals surface area contributed by atoms with E-state index in [1.165, 1.54) is 21.8 Å². The molecule has 2 saturated heterocycles. The molecule has 2 aliphatic carbocycles. The second-order valence-corrected chi connectivity index (χ2v) is 13.1. The second kappa shape index (κ2) is 8.58. The van der Waals surface area contributed by atoms with E-state index < -0.39 is 0 Å². The minimum absolute atomic E-state index is 0.0438. The lowest BCUT2D eigenvalue weighted by atomic mass is 9.68. The van der Waals surface area contributed by atoms with Crippen LogP contribution in [-0.2, 0) is 14.4 Å². The number of fused-ring (bicyclic) bond motifs is 9. The van der Waals surface area contributed by atoms with Gasteiger partial charge in [0.05, 0.1) is 16.9 Å². The van der Waals surface area contributed by atoms with E-state index in [1.807, 2.05) is 23.1 Å². The lowest BCUT2D eigenvalue weighted by Crippen LogP contribution is -2.42. The van der Waals surface area contributed by atoms with Gasteiger partial charge in [-0.1, -0.05) is 41.7 Å². The first-order valence-electron chi connectivity index (χ1n) is 13.1. The van der Waals surface area contributed by atoms with E-state index in [-0.39, 0.29) is 76.3 Å². The fourth-order valence-electron chi connectivity index (χ4n) is 7.84. The highest BCUT2D eigenvalue weighted by Gasteiger charge is 2.69. The number of piperidine rings is 1. The van der Waals surface area contributed by atoms with E-state index >= 15 is 0 Å². The summed E-state index contributed by atoms with van der Waals surface area (Å²) in [6, 6.07) is 10.3. The number of aromatic amines is 1. The van der Waals surface area contributed by atoms with Crippen LogP contribution in [-0.4, -0.2) is 57.4 Å². The van der Waals surface area contributed by atoms with Crippen LogP contribution in [0.15, 0.2) is 40.2 Å². The second-order valence-electron chi connectivity index (χ2n) is 10.9. The fourth-order valence-corrected chi connectivity index (χ4v) is 10.7. The summed E-state index contributed by atoms with van der Waals surface area (Å²) in [5.41, 5.74) is 1.18. The summed E-state index contributed by atoms with van der Waals surface area (Å²) < 4.78 is 0. The van der Waals surface area contributed by atoms with Crippen LogP contribution in [0.1, 0.15) is 48.5 Å². The average Bonchev–Trinajstić information content (AvgIpc) is 3.63. The third-order valence-corrected chi connectivity index (χ3v) is 11.8. The topological polar surface area (TPSA) is 90.5 Å². The lowest BCUT2D eigenvalue weighted by molar-refractivity contribution is -0.141. The van der Waals surface area contributed by atoms with Gasteiger partial charge < -0.3 is 9.88 Å². The molecule has 7 nitrogen and oxygen atoms in total. The van der Waals surface area contributed by atoms with Gasteiger partial charge >= 0.3 is 4.87 Å². The Morgan fingerprint density at radius 3 is 2.44 bits per heavy atom. The Morgan fingerprint density at radius 2 is 1.69 bits per heavy atom. The van der Waals surface area contributed by atoms with Crippen molar-refractivity contribution in [1.82, 2.24) is 14.8 Å². The predicted octanol–water partition coefficient (Wildman–Crippen LogP) is 3.31. The standard InChI is InChI=1S/C27H29N3O4S2/c31-17(29-10-5-2-6-11-29)9-12-30-25(32)20-15-13-16(21(20)26(30)33)22-19(15)18(14-7-3-1-4-8-14)23-24(35-22)28-27(34)36-23/h1,3-4,7-8,15-16,18-22H,2,5-6,9-13H2,(H,28,34). The summed E-state index contributed by atoms with van der Waals surface area (Å²) in [6.45, 7) is 1.76. The van der Waals surface area contributed by atoms with E-state index in [2.05, 4.69) is 17.1 Å². The van der Waals surface area contributed by atoms with E-state index in [4.69, 9.17) is 0 Å². The molecule has 9 heteroatoms. The maximum atomic E-state index is 13.7. The quantitative estimate of drug-likeness (QED) is 0.621. The third kappa shape index (κ3) is 3.31. The fraction of sp³-hybridized carbons (Fsp3) is 0.556. The molecule has 36 heavy (non-hydrogen) atoms. The van der Waals surface area contributed by atoms with Crippen molar-refractivity contribution in [3.63, 3.8) is 0 Å². The predicted molar refractivity (Wildman–Crippen MR) is 137 cm³/mol. The smallest absolute Gasteiger partial charge is 0.305 e. The Labute approximate surface area is 217 Å². The van der Waals surface area contributed by atoms with Gasteiger partial charge in [-0.25, -0.2) is 0 Å². The molecule has 2 bridgehead atoms. The number of rotatable bonds is 4. The number of nitrogens with one attached hydrogen (secondary N) is 1. The van der Waals surface area contributed by atoms with E-state index in [1.54, 1.807) is 11.8 Å². The van der Waals surface area contributed by atoms with Crippen molar-refractivity contribution >= 4 is 40.8 Å². The molecule has 0 spiro atoms. The maximum Gasteiger partial charge on any atom is 0.305 e. The Kier molecular flexibility index (Phi) is 5.43. The van der Waals surface area contributed by atoms with Gasteiger partial charge in [0.1, 0.15) is 0 Å². The number of carbonyl (C=O) groups is 3. The number of benzene rings is 1. The zero-order valence-corrected chi connectivity index (χ0v) is 21.6. The van der Waals surface area contributed by atoms with Crippen molar-refractivity contribution in [2.24, 2.45) is 29.6 Å². The van der Waals surface area contributed by atoms with Crippen LogP contribution in [0.5, 0.6) is 0 Å². The van der Waals surface area contributed by atoms with Gasteiger partial charge in [-0.15, -0.1) is 11.8 Å². The van der Waals surface area contributed by atoms with Gasteiger partial charge in [-0.2, -0.15) is 0 Å². The first-order chi connectivity index (χ1) is 17.5. The van der Waals surface area contributed by atoms with Crippen LogP contribution >= 0.6 is 23.1 Å². The van der Waals surface area contributed by atoms with Gasteiger partial charge in [0, 0.05) is 42.1 Å². The summed E-state index contributed by atoms with van der Waals surface area (Å²) in [7, 11) is 0. The van der Waals surface area contributed by atoms with Gasteiger partial charge in [-0.3, -0.25) is 24.1 Å². The van der Waals surface area contributed by atoms with Gasteiger partial charge in [-0.05, 0) is 49.0 Å². The number of aromatic nitrogens is 1. The number of carbonyl (C=O) groups excluding carboxylic acids is 3. The molecule has 2 saturated carbocycles. The van der Waals surface area contributed by atoms with Crippen LogP contribution in [0.3, 0.4) is 0 Å². The van der Waals surface area contributed by atoms with Crippen LogP contribution in [0.2, 0.25) is 0 Å². The van der Waals surface area contributed by atoms with Gasteiger partial charge in [0.25, 0.3) is 0 Å². The zero-order chi connectivity index (χ0) is 24.6. The van der Waals surface area contributed by atoms with Crippen molar-refractivity contribution in [2.75, 3.05) is 19.6 Å². The first kappa shape index (κ1) is 22.8. The number of nitrogens with zero attached hydrogens (tertiary/aromatic N) is 2. The number of hydrogen-bond donors (Lipinski definition) is 1. The average molecular weight is 524 g/mol. The summed E-state index contributed by atoms with van der Waals surface area (Å²) in [4.78, 5) is 59.6. The molecule has 1 aromatic heterocycles. The molecule has 4 heterocycles. The Hall–Kier alpha value is -2.39. The Bertz CT molecular complexity index is 1280. The summed E-state index contributed by atoms with van der Waals surface area (Å²) in [6.07, 6.45) is 4.32. The molecule has 188 valence electrons. The first-order valence-corrected chi connectivity index (χ1v) is 14.8. The minimum atomic E-state index is -0.294. The molecule has 7 atom stereocenters. The monoisotopic (exact) mass is 523 g/mol. The Morgan fingerprint density at radius 1 is 0.972 bits per heavy atom. The summed E-state index contributed by atoms with van der Waals surface area (Å²) in [5.74, 6) is -0.167. The van der Waals surface area contributed by atoms with Crippen molar-refractivity contribution in [3.8, 4) is 0 Å². The van der Waals surface area contributed by atoms with Crippen LogP contribution in [0.4, 0.5) is 0 Å². The normalized spacial score (nSPS) is 34.6. The molecule has 7 unspecified atom stereocenters. The maximum absolute atomic E-state index is 13.7. The Balaban J connectivity index is 1.17. The summed E-state index contributed by atoms with van der Waals surface area (Å²) in [5, 5.41) is 1.14. The van der Waals surface area contributed by atoms with Crippen LogP contribution in [0, 0.1) is 29.6 Å². The number of H-pyrrole nitrogens is 1. The molecule has 3 amide bonds. The number of hydrogen-bond acceptors (Lipinski definition) is 6. The molecule has 1 N–H and O–H groups in total. The molecule has 1 aromatic carbocycles. The highest BCUT2D eigenvalue weighted by Crippen LogP contribution is 2.68. The van der Waals surface area contributed by atoms with Crippen molar-refractivity contribution in [1.29, 1.82) is 0 Å². The molecule has 3 aliphatic heterocycles. The zero-order valence-electron chi connectivity index (χ0n) is 19.9. The molecule has 4 fully saturated rings. The molecule has 2 aromatic rings. The van der Waals surface area contributed by atoms with Gasteiger partial charge in [0.15, 0.2) is 0 Å². The number of thiazole rings is 1. The lowest BCUT2D eigenvalue weighted by Gasteiger charge is -2.43. The van der Waals surface area contributed by atoms with E-state index in [9.17, 15) is 19.2 Å². The number of likely N-dealkylation sites (tertiary alicyclic amines) is 2. The highest BCUT2D eigenvalue weighted by molar-refractivity contribution is 8.00. The van der Waals surface area contributed by atoms with Crippen LogP contribution < -0.4 is 4.87 Å². The number of imide groups is 1. The SMILES string of the molecule is O=C(CCN1C(=O)C2C3CC(C2C1=O)C1C(c2ccccc2)c2sc(=O)[nH]c2SC31)N1CCCCC1. The third-order valence-electron chi connectivity index (χ3n) is 9.23. The van der Waals surface area contributed by atoms with Gasteiger partial charge in [0.2, 0.25) is 17.7 Å². The van der Waals surface area contributed by atoms with Crippen LogP contribution in [0.25, 0.3) is 0 Å². The molecular weight excluding hydrogens is 494 g/mol. The molecular formula is C27H29N3O4S2. The minimum Gasteiger partial charge on any atom is -0.343 e. The van der Waals surface area contributed by atoms with Crippen molar-refractivity contribution in [2.45, 2.75) is 48.3 Å².